The molecule has 0 fully saturated rings. The van der Waals surface area contributed by atoms with Crippen molar-refractivity contribution in [2.75, 3.05) is 10.6 Å². The van der Waals surface area contributed by atoms with E-state index in [4.69, 9.17) is 5.73 Å². The van der Waals surface area contributed by atoms with E-state index >= 15 is 0 Å². The van der Waals surface area contributed by atoms with E-state index in [9.17, 15) is 14.4 Å². The summed E-state index contributed by atoms with van der Waals surface area (Å²) < 4.78 is 1.44. The van der Waals surface area contributed by atoms with Crippen molar-refractivity contribution < 1.29 is 14.4 Å². The Kier molecular flexibility index (Phi) is 6.03. The summed E-state index contributed by atoms with van der Waals surface area (Å²) in [6.45, 7) is 0. The third-order valence-electron chi connectivity index (χ3n) is 4.29. The molecule has 0 unspecified atom stereocenters. The van der Waals surface area contributed by atoms with Crippen molar-refractivity contribution in [3.05, 3.63) is 77.5 Å². The molecule has 3 amide bonds. The van der Waals surface area contributed by atoms with Crippen LogP contribution >= 0.6 is 0 Å². The summed E-state index contributed by atoms with van der Waals surface area (Å²) in [5, 5.41) is 9.59. The topological polar surface area (TPSA) is 119 Å². The van der Waals surface area contributed by atoms with Crippen molar-refractivity contribution in [1.29, 1.82) is 0 Å². The maximum Gasteiger partial charge on any atom is 0.276 e. The maximum absolute atomic E-state index is 12.4. The van der Waals surface area contributed by atoms with Gasteiger partial charge in [0.1, 0.15) is 5.82 Å². The fraction of sp³-hybridized carbons (Fsp3) is 0.143. The molecule has 8 nitrogen and oxygen atoms in total. The number of anilines is 2. The summed E-state index contributed by atoms with van der Waals surface area (Å²) in [7, 11) is 1.64. The van der Waals surface area contributed by atoms with E-state index in [1.165, 1.54) is 22.9 Å². The van der Waals surface area contributed by atoms with Crippen LogP contribution in [-0.2, 0) is 18.3 Å². The van der Waals surface area contributed by atoms with E-state index in [1.807, 2.05) is 30.3 Å². The van der Waals surface area contributed by atoms with Gasteiger partial charge in [0.15, 0.2) is 5.69 Å². The highest BCUT2D eigenvalue weighted by atomic mass is 16.2. The van der Waals surface area contributed by atoms with E-state index < -0.39 is 11.8 Å². The van der Waals surface area contributed by atoms with Gasteiger partial charge < -0.3 is 16.4 Å². The summed E-state index contributed by atoms with van der Waals surface area (Å²) in [5.41, 5.74) is 7.28. The van der Waals surface area contributed by atoms with Crippen LogP contribution < -0.4 is 16.4 Å². The second-order valence-electron chi connectivity index (χ2n) is 6.47. The fourth-order valence-corrected chi connectivity index (χ4v) is 2.72. The molecule has 0 aliphatic rings. The van der Waals surface area contributed by atoms with Gasteiger partial charge >= 0.3 is 0 Å². The zero-order valence-corrected chi connectivity index (χ0v) is 15.9. The molecule has 0 atom stereocenters. The minimum atomic E-state index is -0.541. The summed E-state index contributed by atoms with van der Waals surface area (Å²) in [5.74, 6) is -0.708. The number of amides is 3. The van der Waals surface area contributed by atoms with Crippen LogP contribution in [0.25, 0.3) is 0 Å². The second kappa shape index (κ2) is 8.83. The van der Waals surface area contributed by atoms with Crippen LogP contribution in [0, 0.1) is 0 Å². The zero-order chi connectivity index (χ0) is 20.8. The lowest BCUT2D eigenvalue weighted by Gasteiger charge is -2.05. The monoisotopic (exact) mass is 391 g/mol. The van der Waals surface area contributed by atoms with Gasteiger partial charge in [-0.25, -0.2) is 0 Å². The van der Waals surface area contributed by atoms with Crippen LogP contribution in [0.4, 0.5) is 11.5 Å². The zero-order valence-electron chi connectivity index (χ0n) is 15.9. The smallest absolute Gasteiger partial charge is 0.276 e. The van der Waals surface area contributed by atoms with Crippen LogP contribution in [0.1, 0.15) is 32.8 Å². The number of aryl methyl sites for hydroxylation is 2. The largest absolute Gasteiger partial charge is 0.366 e. The highest BCUT2D eigenvalue weighted by molar-refractivity contribution is 6.04. The first-order valence-electron chi connectivity index (χ1n) is 9.01. The van der Waals surface area contributed by atoms with Crippen LogP contribution in [0.2, 0.25) is 0 Å². The Balaban J connectivity index is 1.59. The quantitative estimate of drug-likeness (QED) is 0.573. The van der Waals surface area contributed by atoms with E-state index in [1.54, 1.807) is 19.2 Å². The number of aromatic nitrogens is 2. The number of nitrogens with two attached hydrogens (primary N) is 1. The Labute approximate surface area is 167 Å². The molecule has 148 valence electrons. The minimum Gasteiger partial charge on any atom is -0.366 e. The van der Waals surface area contributed by atoms with Crippen molar-refractivity contribution in [3.8, 4) is 0 Å². The molecule has 8 heteroatoms. The number of rotatable bonds is 7. The van der Waals surface area contributed by atoms with Gasteiger partial charge in [0.05, 0.1) is 0 Å². The molecule has 4 N–H and O–H groups in total. The first-order valence-corrected chi connectivity index (χ1v) is 9.01. The average molecular weight is 391 g/mol. The first kappa shape index (κ1) is 19.8. The molecule has 1 aromatic heterocycles. The van der Waals surface area contributed by atoms with Gasteiger partial charge in [-0.15, -0.1) is 0 Å². The van der Waals surface area contributed by atoms with Crippen LogP contribution in [0.3, 0.4) is 0 Å². The lowest BCUT2D eigenvalue weighted by atomic mass is 10.1. The number of hydrogen-bond donors (Lipinski definition) is 3. The first-order chi connectivity index (χ1) is 13.9. The van der Waals surface area contributed by atoms with Gasteiger partial charge in [0.25, 0.3) is 5.91 Å². The summed E-state index contributed by atoms with van der Waals surface area (Å²) in [6.07, 6.45) is 0.947. The van der Waals surface area contributed by atoms with Crippen LogP contribution in [0.5, 0.6) is 0 Å². The van der Waals surface area contributed by atoms with Crippen molar-refractivity contribution >= 4 is 29.2 Å². The number of benzene rings is 2. The molecule has 0 aliphatic carbocycles. The number of nitrogens with zero attached hydrogens (tertiary/aromatic N) is 2. The SMILES string of the molecule is Cn1nc(C(=O)Nc2ccc(C(N)=O)cc2)cc1NC(=O)CCc1ccccc1. The van der Waals surface area contributed by atoms with Gasteiger partial charge in [-0.05, 0) is 36.2 Å². The number of hydrogen-bond acceptors (Lipinski definition) is 4. The molecule has 2 aromatic carbocycles. The molecule has 0 aliphatic heterocycles. The van der Waals surface area contributed by atoms with Crippen molar-refractivity contribution in [1.82, 2.24) is 9.78 Å². The third-order valence-corrected chi connectivity index (χ3v) is 4.29. The standard InChI is InChI=1S/C21H21N5O3/c1-26-18(24-19(27)12-7-14-5-3-2-4-6-14)13-17(25-26)21(29)23-16-10-8-15(9-11-16)20(22)28/h2-6,8-11,13H,7,12H2,1H3,(H2,22,28)(H,23,29)(H,24,27). The molecule has 3 rings (SSSR count). The highest BCUT2D eigenvalue weighted by Crippen LogP contribution is 2.14. The van der Waals surface area contributed by atoms with Crippen molar-refractivity contribution in [2.24, 2.45) is 12.8 Å². The Morgan fingerprint density at radius 3 is 2.34 bits per heavy atom. The molecule has 0 spiro atoms. The van der Waals surface area contributed by atoms with Crippen LogP contribution in [0.15, 0.2) is 60.7 Å². The molecular formula is C21H21N5O3. The lowest BCUT2D eigenvalue weighted by molar-refractivity contribution is -0.116. The molecule has 1 heterocycles. The molecular weight excluding hydrogens is 370 g/mol. The Morgan fingerprint density at radius 2 is 1.69 bits per heavy atom. The van der Waals surface area contributed by atoms with Gasteiger partial charge in [-0.3, -0.25) is 19.1 Å². The normalized spacial score (nSPS) is 10.4. The van der Waals surface area contributed by atoms with E-state index in [2.05, 4.69) is 15.7 Å². The van der Waals surface area contributed by atoms with E-state index in [0.29, 0.717) is 29.9 Å². The summed E-state index contributed by atoms with van der Waals surface area (Å²) in [6, 6.07) is 17.4. The van der Waals surface area contributed by atoms with Gasteiger partial charge in [0.2, 0.25) is 11.8 Å². The highest BCUT2D eigenvalue weighted by Gasteiger charge is 2.15. The molecule has 0 radical (unpaired) electrons. The van der Waals surface area contributed by atoms with Gasteiger partial charge in [-0.1, -0.05) is 30.3 Å². The number of nitrogens with one attached hydrogen (secondary N) is 2. The number of carbonyl (C=O) groups is 3. The molecule has 0 bridgehead atoms. The predicted molar refractivity (Wildman–Crippen MR) is 110 cm³/mol. The number of carbonyl (C=O) groups excluding carboxylic acids is 3. The Hall–Kier alpha value is -3.94. The van der Waals surface area contributed by atoms with Gasteiger partial charge in [-0.2, -0.15) is 5.10 Å². The third kappa shape index (κ3) is 5.29. The number of primary amides is 1. The van der Waals surface area contributed by atoms with Gasteiger partial charge in [0, 0.05) is 30.8 Å². The average Bonchev–Trinajstić information content (AvgIpc) is 3.08. The second-order valence-corrected chi connectivity index (χ2v) is 6.47. The molecule has 29 heavy (non-hydrogen) atoms. The minimum absolute atomic E-state index is 0.157. The van der Waals surface area contributed by atoms with Crippen molar-refractivity contribution in [3.63, 3.8) is 0 Å². The van der Waals surface area contributed by atoms with Crippen molar-refractivity contribution in [2.45, 2.75) is 12.8 Å². The molecule has 0 saturated carbocycles. The Morgan fingerprint density at radius 1 is 1.00 bits per heavy atom. The molecule has 0 saturated heterocycles. The Bertz CT molecular complexity index is 1030. The maximum atomic E-state index is 12.4. The fourth-order valence-electron chi connectivity index (χ4n) is 2.72. The molecule has 3 aromatic rings. The summed E-state index contributed by atoms with van der Waals surface area (Å²) >= 11 is 0. The van der Waals surface area contributed by atoms with E-state index in [-0.39, 0.29) is 11.6 Å². The predicted octanol–water partition coefficient (Wildman–Crippen LogP) is 2.34. The summed E-state index contributed by atoms with van der Waals surface area (Å²) in [4.78, 5) is 35.7. The van der Waals surface area contributed by atoms with E-state index in [0.717, 1.165) is 5.56 Å². The van der Waals surface area contributed by atoms with Crippen LogP contribution in [-0.4, -0.2) is 27.5 Å². The lowest BCUT2D eigenvalue weighted by Crippen LogP contribution is -2.14.